The van der Waals surface area contributed by atoms with Gasteiger partial charge in [-0.1, -0.05) is 27.7 Å². The Kier molecular flexibility index (Phi) is 3.05. The van der Waals surface area contributed by atoms with Crippen LogP contribution in [-0.2, 0) is 28.6 Å². The molecule has 3 saturated carbocycles. The van der Waals surface area contributed by atoms with Crippen LogP contribution in [0.15, 0.2) is 0 Å². The van der Waals surface area contributed by atoms with Crippen LogP contribution in [0.4, 0.5) is 0 Å². The summed E-state index contributed by atoms with van der Waals surface area (Å²) in [6, 6.07) is 0. The molecule has 6 rings (SSSR count). The van der Waals surface area contributed by atoms with Gasteiger partial charge in [-0.05, 0) is 17.8 Å². The van der Waals surface area contributed by atoms with E-state index >= 15 is 0 Å². The molecule has 3 aliphatic heterocycles. The average Bonchev–Trinajstić information content (AvgIpc) is 3.35. The van der Waals surface area contributed by atoms with Crippen molar-refractivity contribution in [3.63, 3.8) is 0 Å². The summed E-state index contributed by atoms with van der Waals surface area (Å²) in [6.07, 6.45) is -5.09. The lowest BCUT2D eigenvalue weighted by atomic mass is 9.51. The van der Waals surface area contributed by atoms with Gasteiger partial charge in [0.25, 0.3) is 0 Å². The van der Waals surface area contributed by atoms with Crippen LogP contribution in [-0.4, -0.2) is 68.8 Å². The number of ether oxygens (including phenoxy) is 3. The summed E-state index contributed by atoms with van der Waals surface area (Å²) in [7, 11) is 0. The molecule has 0 aromatic rings. The van der Waals surface area contributed by atoms with Gasteiger partial charge in [0.1, 0.15) is 17.5 Å². The van der Waals surface area contributed by atoms with E-state index in [9.17, 15) is 29.7 Å². The van der Waals surface area contributed by atoms with Crippen molar-refractivity contribution in [3.05, 3.63) is 0 Å². The highest BCUT2D eigenvalue weighted by Crippen LogP contribution is 2.85. The lowest BCUT2D eigenvalue weighted by Gasteiger charge is -2.48. The minimum absolute atomic E-state index is 0.114. The monoisotopic (exact) mass is 422 g/mol. The number of Topliss-reactive ketones (excluding diaryl/α,β-unsaturated/α-hetero) is 1. The minimum Gasteiger partial charge on any atom is -0.459 e. The number of carbonyl (C=O) groups is 3. The molecule has 30 heavy (non-hydrogen) atoms. The molecule has 3 heterocycles. The quantitative estimate of drug-likeness (QED) is 0.432. The third-order valence-electron chi connectivity index (χ3n) is 9.53. The Morgan fingerprint density at radius 1 is 1.10 bits per heavy atom. The lowest BCUT2D eigenvalue weighted by molar-refractivity contribution is -0.239. The van der Waals surface area contributed by atoms with Gasteiger partial charge in [0, 0.05) is 18.3 Å². The normalized spacial score (nSPS) is 60.4. The van der Waals surface area contributed by atoms with Gasteiger partial charge in [-0.3, -0.25) is 4.79 Å². The second-order valence-electron chi connectivity index (χ2n) is 11.1. The second kappa shape index (κ2) is 4.77. The van der Waals surface area contributed by atoms with Crippen molar-refractivity contribution in [2.75, 3.05) is 0 Å². The van der Waals surface area contributed by atoms with Gasteiger partial charge in [-0.25, -0.2) is 9.59 Å². The molecule has 164 valence electrons. The van der Waals surface area contributed by atoms with Crippen LogP contribution in [0.5, 0.6) is 0 Å². The van der Waals surface area contributed by atoms with E-state index in [0.717, 1.165) is 0 Å². The number of aliphatic hydroxyl groups excluding tert-OH is 2. The SMILES string of the molecule is C[C@@H]1C(=O)C[C@H]2[C@H](O)[C@@]34[C@H]5CC(C(C)(C)C)C36[C@@H](OC(=O)[C@@H]6O)O[C@@]4(C(=O)O5)[C@@]12O. The summed E-state index contributed by atoms with van der Waals surface area (Å²) in [6.45, 7) is 7.36. The van der Waals surface area contributed by atoms with Gasteiger partial charge in [0.2, 0.25) is 11.9 Å². The summed E-state index contributed by atoms with van der Waals surface area (Å²) >= 11 is 0. The Morgan fingerprint density at radius 3 is 2.40 bits per heavy atom. The second-order valence-corrected chi connectivity index (χ2v) is 11.1. The molecular formula is C21H26O9. The zero-order valence-electron chi connectivity index (χ0n) is 17.2. The van der Waals surface area contributed by atoms with E-state index in [0.29, 0.717) is 0 Å². The first-order valence-corrected chi connectivity index (χ1v) is 10.5. The van der Waals surface area contributed by atoms with E-state index in [-0.39, 0.29) is 18.6 Å². The Morgan fingerprint density at radius 2 is 1.77 bits per heavy atom. The zero-order chi connectivity index (χ0) is 21.8. The highest BCUT2D eigenvalue weighted by atomic mass is 16.8. The Bertz CT molecular complexity index is 924. The largest absolute Gasteiger partial charge is 0.459 e. The molecule has 0 aromatic carbocycles. The van der Waals surface area contributed by atoms with Gasteiger partial charge in [0.05, 0.1) is 16.9 Å². The summed E-state index contributed by atoms with van der Waals surface area (Å²) < 4.78 is 17.3. The molecule has 0 amide bonds. The summed E-state index contributed by atoms with van der Waals surface area (Å²) in [4.78, 5) is 38.5. The third kappa shape index (κ3) is 1.35. The lowest BCUT2D eigenvalue weighted by Crippen LogP contribution is -2.67. The first-order chi connectivity index (χ1) is 13.8. The van der Waals surface area contributed by atoms with Crippen molar-refractivity contribution in [3.8, 4) is 0 Å². The molecule has 9 heteroatoms. The van der Waals surface area contributed by atoms with E-state index in [1.54, 1.807) is 0 Å². The van der Waals surface area contributed by atoms with Crippen LogP contribution in [0.3, 0.4) is 0 Å². The van der Waals surface area contributed by atoms with E-state index in [1.807, 2.05) is 20.8 Å². The fraction of sp³-hybridized carbons (Fsp3) is 0.857. The van der Waals surface area contributed by atoms with Crippen molar-refractivity contribution in [2.24, 2.45) is 34.0 Å². The molecule has 3 N–H and O–H groups in total. The summed E-state index contributed by atoms with van der Waals surface area (Å²) in [5, 5.41) is 35.0. The van der Waals surface area contributed by atoms with Crippen molar-refractivity contribution in [2.45, 2.75) is 76.3 Å². The van der Waals surface area contributed by atoms with Gasteiger partial charge < -0.3 is 29.5 Å². The van der Waals surface area contributed by atoms with Crippen molar-refractivity contribution in [1.82, 2.24) is 0 Å². The number of fused-ring (bicyclic) bond motifs is 1. The molecule has 11 atom stereocenters. The topological polar surface area (TPSA) is 140 Å². The highest BCUT2D eigenvalue weighted by Gasteiger charge is 3.02. The van der Waals surface area contributed by atoms with Crippen LogP contribution in [0.1, 0.15) is 40.5 Å². The van der Waals surface area contributed by atoms with Crippen molar-refractivity contribution in [1.29, 1.82) is 0 Å². The molecule has 2 unspecified atom stereocenters. The minimum atomic E-state index is -2.09. The van der Waals surface area contributed by atoms with Gasteiger partial charge in [-0.15, -0.1) is 0 Å². The number of rotatable bonds is 0. The predicted molar refractivity (Wildman–Crippen MR) is 95.2 cm³/mol. The molecule has 6 aliphatic rings. The van der Waals surface area contributed by atoms with E-state index in [4.69, 9.17) is 14.2 Å². The van der Waals surface area contributed by atoms with Gasteiger partial charge in [0.15, 0.2) is 6.10 Å². The van der Waals surface area contributed by atoms with E-state index in [1.165, 1.54) is 6.92 Å². The number of aliphatic hydroxyl groups is 3. The van der Waals surface area contributed by atoms with E-state index in [2.05, 4.69) is 0 Å². The van der Waals surface area contributed by atoms with E-state index < -0.39 is 81.7 Å². The van der Waals surface area contributed by atoms with Crippen LogP contribution in [0.2, 0.25) is 0 Å². The smallest absolute Gasteiger partial charge is 0.342 e. The van der Waals surface area contributed by atoms with Crippen molar-refractivity contribution < 1.29 is 43.9 Å². The maximum Gasteiger partial charge on any atom is 0.342 e. The summed E-state index contributed by atoms with van der Waals surface area (Å²) in [5.74, 6) is -4.38. The maximum absolute atomic E-state index is 13.4. The van der Waals surface area contributed by atoms with Crippen LogP contribution < -0.4 is 0 Å². The first kappa shape index (κ1) is 19.2. The zero-order valence-corrected chi connectivity index (χ0v) is 17.2. The maximum atomic E-state index is 13.4. The number of esters is 2. The number of hydrogen-bond acceptors (Lipinski definition) is 9. The number of hydrogen-bond donors (Lipinski definition) is 3. The number of ketones is 1. The standard InChI is InChI=1S/C21H26O9/c1-7-9(22)5-8-12(23)19-11-6-10(17(2,3)4)18(19)13(24)14(25)29-16(18)30-21(19,15(26)28-11)20(7,8)27/h7-8,10-13,16,23-24,27H,5-6H2,1-4H3/t7-,8+,10?,11-,12+,13+,16+,18?,19+,20-,21-/m1/s1. The van der Waals surface area contributed by atoms with Gasteiger partial charge in [-0.2, -0.15) is 0 Å². The van der Waals surface area contributed by atoms with Crippen molar-refractivity contribution >= 4 is 17.7 Å². The highest BCUT2D eigenvalue weighted by molar-refractivity contribution is 5.95. The molecule has 0 radical (unpaired) electrons. The molecule has 0 aromatic heterocycles. The Balaban J connectivity index is 1.72. The molecule has 3 aliphatic carbocycles. The predicted octanol–water partition coefficient (Wildman–Crippen LogP) is -0.706. The molecule has 9 nitrogen and oxygen atoms in total. The average molecular weight is 422 g/mol. The number of carbonyl (C=O) groups excluding carboxylic acids is 3. The molecule has 3 saturated heterocycles. The molecular weight excluding hydrogens is 396 g/mol. The Hall–Kier alpha value is -1.55. The fourth-order valence-electron chi connectivity index (χ4n) is 8.68. The van der Waals surface area contributed by atoms with Gasteiger partial charge >= 0.3 is 11.9 Å². The van der Waals surface area contributed by atoms with Crippen LogP contribution in [0.25, 0.3) is 0 Å². The van der Waals surface area contributed by atoms with Crippen LogP contribution >= 0.6 is 0 Å². The fourth-order valence-corrected chi connectivity index (χ4v) is 8.68. The van der Waals surface area contributed by atoms with Crippen LogP contribution in [0, 0.1) is 34.0 Å². The first-order valence-electron chi connectivity index (χ1n) is 10.5. The molecule has 0 bridgehead atoms. The summed E-state index contributed by atoms with van der Waals surface area (Å²) in [5.41, 5.74) is -7.67. The Labute approximate surface area is 172 Å². The molecule has 2 spiro atoms. The third-order valence-corrected chi connectivity index (χ3v) is 9.53. The molecule has 6 fully saturated rings.